The van der Waals surface area contributed by atoms with E-state index in [1.807, 2.05) is 13.0 Å². The van der Waals surface area contributed by atoms with Gasteiger partial charge in [-0.2, -0.15) is 0 Å². The number of halogens is 1. The van der Waals surface area contributed by atoms with Crippen LogP contribution < -0.4 is 0 Å². The van der Waals surface area contributed by atoms with Crippen molar-refractivity contribution < 1.29 is 9.50 Å². The van der Waals surface area contributed by atoms with E-state index in [1.165, 1.54) is 6.07 Å². The van der Waals surface area contributed by atoms with Crippen LogP contribution in [0.2, 0.25) is 0 Å². The Hall–Kier alpha value is -0.890. The molecule has 0 aliphatic heterocycles. The number of rotatable bonds is 2. The topological polar surface area (TPSA) is 20.2 Å². The Balaban J connectivity index is 2.22. The fourth-order valence-corrected chi connectivity index (χ4v) is 2.41. The SMILES string of the molecule is CC(CO)C1CCc2cccc(F)c2C1. The maximum Gasteiger partial charge on any atom is 0.126 e. The highest BCUT2D eigenvalue weighted by Crippen LogP contribution is 2.31. The normalized spacial score (nSPS) is 22.2. The molecule has 2 unspecified atom stereocenters. The molecule has 2 heteroatoms. The van der Waals surface area contributed by atoms with Crippen LogP contribution >= 0.6 is 0 Å². The lowest BCUT2D eigenvalue weighted by molar-refractivity contribution is 0.177. The largest absolute Gasteiger partial charge is 0.396 e. The molecule has 0 heterocycles. The molecule has 2 atom stereocenters. The van der Waals surface area contributed by atoms with Crippen LogP contribution in [0.5, 0.6) is 0 Å². The number of aryl methyl sites for hydroxylation is 1. The molecule has 0 radical (unpaired) electrons. The van der Waals surface area contributed by atoms with Crippen molar-refractivity contribution in [2.45, 2.75) is 26.2 Å². The van der Waals surface area contributed by atoms with Crippen molar-refractivity contribution in [1.29, 1.82) is 0 Å². The van der Waals surface area contributed by atoms with E-state index in [-0.39, 0.29) is 18.3 Å². The van der Waals surface area contributed by atoms with E-state index >= 15 is 0 Å². The highest BCUT2D eigenvalue weighted by atomic mass is 19.1. The van der Waals surface area contributed by atoms with Crippen LogP contribution in [0.15, 0.2) is 18.2 Å². The molecule has 2 rings (SSSR count). The number of aliphatic hydroxyl groups excluding tert-OH is 1. The fraction of sp³-hybridized carbons (Fsp3) is 0.538. The standard InChI is InChI=1S/C13H17FO/c1-9(8-15)11-6-5-10-3-2-4-13(14)12(10)7-11/h2-4,9,11,15H,5-8H2,1H3. The third-order valence-corrected chi connectivity index (χ3v) is 3.56. The predicted octanol–water partition coefficient (Wildman–Crippen LogP) is 2.56. The molecule has 1 nitrogen and oxygen atoms in total. The second-order valence-electron chi connectivity index (χ2n) is 4.54. The van der Waals surface area contributed by atoms with Gasteiger partial charge in [0.2, 0.25) is 0 Å². The summed E-state index contributed by atoms with van der Waals surface area (Å²) in [5, 5.41) is 9.11. The number of aliphatic hydroxyl groups is 1. The van der Waals surface area contributed by atoms with Gasteiger partial charge in [-0.15, -0.1) is 0 Å². The molecule has 0 saturated heterocycles. The summed E-state index contributed by atoms with van der Waals surface area (Å²) >= 11 is 0. The maximum atomic E-state index is 13.5. The predicted molar refractivity (Wildman–Crippen MR) is 58.2 cm³/mol. The van der Waals surface area contributed by atoms with Crippen LogP contribution in [0.25, 0.3) is 0 Å². The lowest BCUT2D eigenvalue weighted by Crippen LogP contribution is -2.23. The van der Waals surface area contributed by atoms with Gasteiger partial charge >= 0.3 is 0 Å². The highest BCUT2D eigenvalue weighted by molar-refractivity contribution is 5.31. The van der Waals surface area contributed by atoms with Gasteiger partial charge in [0.1, 0.15) is 5.82 Å². The number of hydrogen-bond acceptors (Lipinski definition) is 1. The quantitative estimate of drug-likeness (QED) is 0.792. The Morgan fingerprint density at radius 1 is 1.53 bits per heavy atom. The van der Waals surface area contributed by atoms with Crippen molar-refractivity contribution in [3.63, 3.8) is 0 Å². The minimum Gasteiger partial charge on any atom is -0.396 e. The van der Waals surface area contributed by atoms with Crippen molar-refractivity contribution in [3.8, 4) is 0 Å². The van der Waals surface area contributed by atoms with Crippen molar-refractivity contribution >= 4 is 0 Å². The average Bonchev–Trinajstić information content (AvgIpc) is 2.28. The van der Waals surface area contributed by atoms with E-state index in [1.54, 1.807) is 6.07 Å². The van der Waals surface area contributed by atoms with Crippen molar-refractivity contribution in [2.24, 2.45) is 11.8 Å². The van der Waals surface area contributed by atoms with E-state index in [9.17, 15) is 4.39 Å². The summed E-state index contributed by atoms with van der Waals surface area (Å²) in [6, 6.07) is 5.33. The summed E-state index contributed by atoms with van der Waals surface area (Å²) in [4.78, 5) is 0. The molecule has 15 heavy (non-hydrogen) atoms. The van der Waals surface area contributed by atoms with Crippen molar-refractivity contribution in [1.82, 2.24) is 0 Å². The second kappa shape index (κ2) is 4.31. The molecule has 0 aromatic heterocycles. The Morgan fingerprint density at radius 3 is 3.07 bits per heavy atom. The first-order chi connectivity index (χ1) is 7.22. The van der Waals surface area contributed by atoms with Gasteiger partial charge in [0.25, 0.3) is 0 Å². The minimum atomic E-state index is -0.0812. The van der Waals surface area contributed by atoms with Crippen LogP contribution in [0.3, 0.4) is 0 Å². The van der Waals surface area contributed by atoms with Gasteiger partial charge in [0, 0.05) is 6.61 Å². The van der Waals surface area contributed by atoms with Crippen LogP contribution in [0.1, 0.15) is 24.5 Å². The van der Waals surface area contributed by atoms with Crippen molar-refractivity contribution in [3.05, 3.63) is 35.1 Å². The summed E-state index contributed by atoms with van der Waals surface area (Å²) in [5.41, 5.74) is 2.02. The average molecular weight is 208 g/mol. The van der Waals surface area contributed by atoms with Crippen LogP contribution in [0.4, 0.5) is 4.39 Å². The zero-order chi connectivity index (χ0) is 10.8. The van der Waals surface area contributed by atoms with E-state index in [0.717, 1.165) is 30.4 Å². The van der Waals surface area contributed by atoms with Crippen LogP contribution in [-0.2, 0) is 12.8 Å². The summed E-state index contributed by atoms with van der Waals surface area (Å²) in [6.07, 6.45) is 2.80. The smallest absolute Gasteiger partial charge is 0.126 e. The fourth-order valence-electron chi connectivity index (χ4n) is 2.41. The van der Waals surface area contributed by atoms with Gasteiger partial charge in [0.05, 0.1) is 0 Å². The van der Waals surface area contributed by atoms with E-state index in [0.29, 0.717) is 5.92 Å². The third-order valence-electron chi connectivity index (χ3n) is 3.56. The summed E-state index contributed by atoms with van der Waals surface area (Å²) < 4.78 is 13.5. The molecule has 0 amide bonds. The van der Waals surface area contributed by atoms with Gasteiger partial charge < -0.3 is 5.11 Å². The summed E-state index contributed by atoms with van der Waals surface area (Å²) in [5.74, 6) is 0.625. The molecule has 1 aromatic carbocycles. The van der Waals surface area contributed by atoms with Gasteiger partial charge in [-0.25, -0.2) is 4.39 Å². The molecule has 1 aromatic rings. The van der Waals surface area contributed by atoms with Gasteiger partial charge in [0.15, 0.2) is 0 Å². The Kier molecular flexibility index (Phi) is 3.06. The number of benzene rings is 1. The molecule has 1 N–H and O–H groups in total. The number of hydrogen-bond donors (Lipinski definition) is 1. The van der Waals surface area contributed by atoms with E-state index in [4.69, 9.17) is 5.11 Å². The zero-order valence-corrected chi connectivity index (χ0v) is 9.04. The van der Waals surface area contributed by atoms with E-state index < -0.39 is 0 Å². The van der Waals surface area contributed by atoms with Gasteiger partial charge in [-0.05, 0) is 48.3 Å². The molecule has 0 fully saturated rings. The lowest BCUT2D eigenvalue weighted by atomic mass is 9.78. The highest BCUT2D eigenvalue weighted by Gasteiger charge is 2.24. The Bertz CT molecular complexity index is 348. The zero-order valence-electron chi connectivity index (χ0n) is 9.04. The molecule has 1 aliphatic rings. The molecule has 82 valence electrons. The van der Waals surface area contributed by atoms with E-state index in [2.05, 4.69) is 0 Å². The monoisotopic (exact) mass is 208 g/mol. The van der Waals surface area contributed by atoms with Gasteiger partial charge in [-0.3, -0.25) is 0 Å². The Labute approximate surface area is 89.9 Å². The molecular weight excluding hydrogens is 191 g/mol. The minimum absolute atomic E-state index is 0.0812. The molecule has 0 saturated carbocycles. The van der Waals surface area contributed by atoms with Crippen molar-refractivity contribution in [2.75, 3.05) is 6.61 Å². The third kappa shape index (κ3) is 2.05. The first kappa shape index (κ1) is 10.6. The second-order valence-corrected chi connectivity index (χ2v) is 4.54. The molecule has 0 spiro atoms. The van der Waals surface area contributed by atoms with Gasteiger partial charge in [-0.1, -0.05) is 19.1 Å². The maximum absolute atomic E-state index is 13.5. The molecule has 1 aliphatic carbocycles. The first-order valence-corrected chi connectivity index (χ1v) is 5.59. The lowest BCUT2D eigenvalue weighted by Gasteiger charge is -2.28. The molecule has 0 bridgehead atoms. The van der Waals surface area contributed by atoms with Crippen LogP contribution in [-0.4, -0.2) is 11.7 Å². The Morgan fingerprint density at radius 2 is 2.33 bits per heavy atom. The number of fused-ring (bicyclic) bond motifs is 1. The molecular formula is C13H17FO. The summed E-state index contributed by atoms with van der Waals surface area (Å²) in [6.45, 7) is 2.24. The van der Waals surface area contributed by atoms with Crippen LogP contribution in [0, 0.1) is 17.7 Å². The first-order valence-electron chi connectivity index (χ1n) is 5.59. The summed E-state index contributed by atoms with van der Waals surface area (Å²) in [7, 11) is 0.